The summed E-state index contributed by atoms with van der Waals surface area (Å²) in [5.41, 5.74) is 8.89. The van der Waals surface area contributed by atoms with Crippen LogP contribution in [0.25, 0.3) is 28.5 Å². The number of pyridine rings is 1. The molecule has 0 saturated heterocycles. The molecular formula is C24H23NO. The molecule has 130 valence electrons. The van der Waals surface area contributed by atoms with E-state index in [9.17, 15) is 4.79 Å². The third-order valence-corrected chi connectivity index (χ3v) is 5.40. The second kappa shape index (κ2) is 6.45. The fourth-order valence-corrected chi connectivity index (χ4v) is 3.66. The number of benzene rings is 2. The van der Waals surface area contributed by atoms with Crippen molar-refractivity contribution in [3.8, 4) is 22.4 Å². The summed E-state index contributed by atoms with van der Waals surface area (Å²) in [4.78, 5) is 16.0. The molecule has 1 heterocycles. The van der Waals surface area contributed by atoms with E-state index in [2.05, 4.69) is 74.3 Å². The van der Waals surface area contributed by atoms with Crippen LogP contribution in [-0.4, -0.2) is 4.98 Å². The molecule has 1 unspecified atom stereocenters. The van der Waals surface area contributed by atoms with Gasteiger partial charge in [0.05, 0.1) is 0 Å². The average Bonchev–Trinajstić information content (AvgIpc) is 2.64. The van der Waals surface area contributed by atoms with Gasteiger partial charge in [0.1, 0.15) is 0 Å². The Hall–Kier alpha value is -2.87. The van der Waals surface area contributed by atoms with Gasteiger partial charge in [0.25, 0.3) is 0 Å². The van der Waals surface area contributed by atoms with Gasteiger partial charge in [0, 0.05) is 23.0 Å². The molecule has 3 aromatic rings. The lowest BCUT2D eigenvalue weighted by Crippen LogP contribution is -2.16. The van der Waals surface area contributed by atoms with Crippen molar-refractivity contribution < 1.29 is 0 Å². The quantitative estimate of drug-likeness (QED) is 0.623. The van der Waals surface area contributed by atoms with Gasteiger partial charge >= 0.3 is 0 Å². The van der Waals surface area contributed by atoms with E-state index < -0.39 is 0 Å². The van der Waals surface area contributed by atoms with Crippen molar-refractivity contribution in [1.29, 1.82) is 0 Å². The highest BCUT2D eigenvalue weighted by atomic mass is 16.1. The first-order valence-electron chi connectivity index (χ1n) is 9.15. The highest BCUT2D eigenvalue weighted by Crippen LogP contribution is 2.29. The molecule has 2 heteroatoms. The highest BCUT2D eigenvalue weighted by Gasteiger charge is 2.17. The van der Waals surface area contributed by atoms with Crippen molar-refractivity contribution in [1.82, 2.24) is 4.98 Å². The number of rotatable bonds is 2. The Balaban J connectivity index is 1.72. The zero-order chi connectivity index (χ0) is 18.3. The molecule has 0 saturated carbocycles. The summed E-state index contributed by atoms with van der Waals surface area (Å²) in [7, 11) is 0. The van der Waals surface area contributed by atoms with E-state index in [1.165, 1.54) is 22.3 Å². The number of H-pyrrole nitrogens is 1. The second-order valence-corrected chi connectivity index (χ2v) is 7.29. The number of aryl methyl sites for hydroxylation is 2. The molecule has 1 aromatic heterocycles. The maximum Gasteiger partial charge on any atom is 0.186 e. The van der Waals surface area contributed by atoms with Crippen molar-refractivity contribution in [3.63, 3.8) is 0 Å². The van der Waals surface area contributed by atoms with E-state index >= 15 is 0 Å². The number of allylic oxidation sites excluding steroid dienone is 1. The Kier molecular flexibility index (Phi) is 4.12. The molecular weight excluding hydrogens is 318 g/mol. The van der Waals surface area contributed by atoms with Crippen molar-refractivity contribution in [2.75, 3.05) is 0 Å². The molecule has 0 spiro atoms. The molecule has 0 radical (unpaired) electrons. The van der Waals surface area contributed by atoms with Gasteiger partial charge in [0.2, 0.25) is 0 Å². The highest BCUT2D eigenvalue weighted by molar-refractivity contribution is 5.70. The van der Waals surface area contributed by atoms with Crippen LogP contribution in [0.4, 0.5) is 0 Å². The molecule has 1 aliphatic rings. The Labute approximate surface area is 154 Å². The van der Waals surface area contributed by atoms with Gasteiger partial charge in [-0.25, -0.2) is 0 Å². The third kappa shape index (κ3) is 2.92. The normalized spacial score (nSPS) is 15.7. The molecule has 1 aliphatic carbocycles. The Morgan fingerprint density at radius 1 is 0.885 bits per heavy atom. The van der Waals surface area contributed by atoms with Crippen LogP contribution in [0.3, 0.4) is 0 Å². The molecule has 0 fully saturated rings. The zero-order valence-corrected chi connectivity index (χ0v) is 15.5. The molecule has 26 heavy (non-hydrogen) atoms. The maximum atomic E-state index is 12.6. The number of aromatic nitrogens is 1. The van der Waals surface area contributed by atoms with Crippen LogP contribution in [-0.2, 0) is 0 Å². The number of aromatic amines is 1. The van der Waals surface area contributed by atoms with E-state index in [1.807, 2.05) is 6.08 Å². The minimum atomic E-state index is 0.129. The SMILES string of the molecule is Cc1ccc(-c2ccc(-c3cc(=O)c4c([nH]3)C=CCC4C)cc2)cc1C. The molecule has 1 N–H and O–H groups in total. The molecule has 0 bridgehead atoms. The van der Waals surface area contributed by atoms with E-state index in [-0.39, 0.29) is 11.3 Å². The van der Waals surface area contributed by atoms with Crippen molar-refractivity contribution in [2.45, 2.75) is 33.1 Å². The first kappa shape index (κ1) is 16.6. The van der Waals surface area contributed by atoms with Crippen molar-refractivity contribution in [2.24, 2.45) is 0 Å². The number of fused-ring (bicyclic) bond motifs is 1. The molecule has 4 rings (SSSR count). The predicted molar refractivity (Wildman–Crippen MR) is 109 cm³/mol. The second-order valence-electron chi connectivity index (χ2n) is 7.29. The summed E-state index contributed by atoms with van der Waals surface area (Å²) in [5, 5.41) is 0. The fourth-order valence-electron chi connectivity index (χ4n) is 3.66. The van der Waals surface area contributed by atoms with Gasteiger partial charge in [-0.2, -0.15) is 0 Å². The van der Waals surface area contributed by atoms with Crippen molar-refractivity contribution >= 4 is 6.08 Å². The molecule has 2 nitrogen and oxygen atoms in total. The van der Waals surface area contributed by atoms with Crippen LogP contribution in [0.15, 0.2) is 59.4 Å². The summed E-state index contributed by atoms with van der Waals surface area (Å²) in [5.74, 6) is 0.278. The van der Waals surface area contributed by atoms with E-state index in [4.69, 9.17) is 0 Å². The van der Waals surface area contributed by atoms with Gasteiger partial charge in [-0.15, -0.1) is 0 Å². The topological polar surface area (TPSA) is 32.9 Å². The molecule has 0 amide bonds. The maximum absolute atomic E-state index is 12.6. The lowest BCUT2D eigenvalue weighted by Gasteiger charge is -2.18. The summed E-state index contributed by atoms with van der Waals surface area (Å²) >= 11 is 0. The zero-order valence-electron chi connectivity index (χ0n) is 15.5. The van der Waals surface area contributed by atoms with Gasteiger partial charge in [0.15, 0.2) is 5.43 Å². The van der Waals surface area contributed by atoms with Gasteiger partial charge < -0.3 is 4.98 Å². The third-order valence-electron chi connectivity index (χ3n) is 5.40. The lowest BCUT2D eigenvalue weighted by atomic mass is 9.90. The standard InChI is InChI=1S/C24H23NO/c1-15-7-8-20(13-17(15)3)18-9-11-19(12-10-18)22-14-23(26)24-16(2)5-4-6-21(24)25-22/h4,6-14,16H,5H2,1-3H3,(H,25,26). The van der Waals surface area contributed by atoms with Crippen molar-refractivity contribution in [3.05, 3.63) is 87.2 Å². The minimum Gasteiger partial charge on any atom is -0.355 e. The van der Waals surface area contributed by atoms with Crippen LogP contribution in [0.1, 0.15) is 41.6 Å². The average molecular weight is 341 g/mol. The lowest BCUT2D eigenvalue weighted by molar-refractivity contribution is 0.757. The molecule has 0 aliphatic heterocycles. The number of hydrogen-bond donors (Lipinski definition) is 1. The van der Waals surface area contributed by atoms with Crippen LogP contribution >= 0.6 is 0 Å². The van der Waals surface area contributed by atoms with Crippen LogP contribution in [0, 0.1) is 13.8 Å². The molecule has 2 aromatic carbocycles. The largest absolute Gasteiger partial charge is 0.355 e. The summed E-state index contributed by atoms with van der Waals surface area (Å²) in [6, 6.07) is 16.7. The number of hydrogen-bond acceptors (Lipinski definition) is 1. The Morgan fingerprint density at radius 2 is 1.58 bits per heavy atom. The Bertz CT molecular complexity index is 1050. The molecule has 1 atom stereocenters. The fraction of sp³-hybridized carbons (Fsp3) is 0.208. The summed E-state index contributed by atoms with van der Waals surface area (Å²) < 4.78 is 0. The number of nitrogens with one attached hydrogen (secondary N) is 1. The monoisotopic (exact) mass is 341 g/mol. The first-order valence-corrected chi connectivity index (χ1v) is 9.15. The van der Waals surface area contributed by atoms with E-state index in [0.29, 0.717) is 0 Å². The Morgan fingerprint density at radius 3 is 2.31 bits per heavy atom. The smallest absolute Gasteiger partial charge is 0.186 e. The minimum absolute atomic E-state index is 0.129. The van der Waals surface area contributed by atoms with E-state index in [0.717, 1.165) is 28.9 Å². The van der Waals surface area contributed by atoms with Crippen LogP contribution in [0.5, 0.6) is 0 Å². The predicted octanol–water partition coefficient (Wildman–Crippen LogP) is 5.85. The van der Waals surface area contributed by atoms with Gasteiger partial charge in [-0.3, -0.25) is 4.79 Å². The van der Waals surface area contributed by atoms with Crippen LogP contribution < -0.4 is 5.43 Å². The first-order chi connectivity index (χ1) is 12.5. The van der Waals surface area contributed by atoms with Gasteiger partial charge in [-0.05, 0) is 60.1 Å². The summed E-state index contributed by atoms with van der Waals surface area (Å²) in [6.07, 6.45) is 5.10. The van der Waals surface area contributed by atoms with E-state index in [1.54, 1.807) is 6.07 Å². The van der Waals surface area contributed by atoms with Crippen LogP contribution in [0.2, 0.25) is 0 Å². The van der Waals surface area contributed by atoms with Gasteiger partial charge in [-0.1, -0.05) is 55.5 Å². The summed E-state index contributed by atoms with van der Waals surface area (Å²) in [6.45, 7) is 6.37.